The summed E-state index contributed by atoms with van der Waals surface area (Å²) in [7, 11) is -1.07. The fourth-order valence-corrected chi connectivity index (χ4v) is 3.58. The number of rotatable bonds is 6. The van der Waals surface area contributed by atoms with Crippen LogP contribution < -0.4 is 0 Å². The average molecular weight is 340 g/mol. The summed E-state index contributed by atoms with van der Waals surface area (Å²) in [6, 6.07) is 17.9. The number of hydrogen-bond acceptors (Lipinski definition) is 4. The second kappa shape index (κ2) is 7.49. The third kappa shape index (κ3) is 3.94. The van der Waals surface area contributed by atoms with Crippen molar-refractivity contribution in [1.29, 1.82) is 0 Å². The first-order chi connectivity index (χ1) is 11.6. The van der Waals surface area contributed by atoms with Gasteiger partial charge in [-0.25, -0.2) is 0 Å². The maximum absolute atomic E-state index is 12.5. The number of hydrogen-bond donors (Lipinski definition) is 0. The van der Waals surface area contributed by atoms with Crippen LogP contribution in [0.3, 0.4) is 0 Å². The maximum atomic E-state index is 12.5. The standard InChI is InChI=1S/C18H20N4OS/c1-14(2)16-10-8-15(9-11-16)12-24(23)13-18-19-20-21-22(18)17-6-4-3-5-7-17/h3-11,14H,12-13H2,1-2H3. The monoisotopic (exact) mass is 340 g/mol. The van der Waals surface area contributed by atoms with Crippen molar-refractivity contribution in [3.05, 3.63) is 71.5 Å². The molecular formula is C18H20N4OS. The number of aromatic nitrogens is 4. The molecular weight excluding hydrogens is 320 g/mol. The SMILES string of the molecule is CC(C)c1ccc(CS(=O)Cc2nnnn2-c2ccccc2)cc1. The van der Waals surface area contributed by atoms with E-state index in [9.17, 15) is 4.21 Å². The molecule has 24 heavy (non-hydrogen) atoms. The Morgan fingerprint density at radius 2 is 1.71 bits per heavy atom. The molecule has 0 N–H and O–H groups in total. The Bertz CT molecular complexity index is 813. The fourth-order valence-electron chi connectivity index (χ4n) is 2.45. The predicted octanol–water partition coefficient (Wildman–Crippen LogP) is 3.23. The summed E-state index contributed by atoms with van der Waals surface area (Å²) in [5.41, 5.74) is 3.23. The van der Waals surface area contributed by atoms with Crippen LogP contribution in [0.5, 0.6) is 0 Å². The first kappa shape index (κ1) is 16.5. The zero-order valence-corrected chi connectivity index (χ0v) is 14.6. The van der Waals surface area contributed by atoms with Gasteiger partial charge in [0.05, 0.1) is 11.4 Å². The number of para-hydroxylation sites is 1. The Labute approximate surface area is 144 Å². The van der Waals surface area contributed by atoms with Gasteiger partial charge in [0.2, 0.25) is 0 Å². The number of benzene rings is 2. The van der Waals surface area contributed by atoms with Crippen LogP contribution >= 0.6 is 0 Å². The van der Waals surface area contributed by atoms with E-state index in [1.165, 1.54) is 5.56 Å². The minimum Gasteiger partial charge on any atom is -0.259 e. The molecule has 0 aliphatic carbocycles. The first-order valence-electron chi connectivity index (χ1n) is 7.90. The van der Waals surface area contributed by atoms with Gasteiger partial charge in [-0.15, -0.1) is 5.10 Å². The van der Waals surface area contributed by atoms with Crippen molar-refractivity contribution in [3.8, 4) is 5.69 Å². The van der Waals surface area contributed by atoms with Gasteiger partial charge in [0, 0.05) is 16.6 Å². The molecule has 2 aromatic carbocycles. The lowest BCUT2D eigenvalue weighted by molar-refractivity contribution is 0.679. The van der Waals surface area contributed by atoms with Gasteiger partial charge in [-0.1, -0.05) is 56.3 Å². The van der Waals surface area contributed by atoms with Crippen molar-refractivity contribution < 1.29 is 4.21 Å². The summed E-state index contributed by atoms with van der Waals surface area (Å²) in [6.07, 6.45) is 0. The summed E-state index contributed by atoms with van der Waals surface area (Å²) in [5.74, 6) is 1.94. The van der Waals surface area contributed by atoms with Gasteiger partial charge in [0.15, 0.2) is 5.82 Å². The zero-order chi connectivity index (χ0) is 16.9. The molecule has 3 aromatic rings. The predicted molar refractivity (Wildman–Crippen MR) is 95.2 cm³/mol. The highest BCUT2D eigenvalue weighted by atomic mass is 32.2. The first-order valence-corrected chi connectivity index (χ1v) is 9.39. The van der Waals surface area contributed by atoms with Gasteiger partial charge in [0.1, 0.15) is 0 Å². The fraction of sp³-hybridized carbons (Fsp3) is 0.278. The smallest absolute Gasteiger partial charge is 0.169 e. The van der Waals surface area contributed by atoms with Gasteiger partial charge in [0.25, 0.3) is 0 Å². The van der Waals surface area contributed by atoms with Crippen LogP contribution in [0.4, 0.5) is 0 Å². The Kier molecular flexibility index (Phi) is 5.15. The normalized spacial score (nSPS) is 12.5. The highest BCUT2D eigenvalue weighted by Crippen LogP contribution is 2.16. The second-order valence-electron chi connectivity index (χ2n) is 5.97. The molecule has 5 nitrogen and oxygen atoms in total. The molecule has 0 saturated heterocycles. The van der Waals surface area contributed by atoms with Gasteiger partial charge < -0.3 is 0 Å². The van der Waals surface area contributed by atoms with Crippen LogP contribution in [0.1, 0.15) is 36.7 Å². The molecule has 1 unspecified atom stereocenters. The van der Waals surface area contributed by atoms with Crippen LogP contribution in [0.25, 0.3) is 5.69 Å². The van der Waals surface area contributed by atoms with Crippen molar-refractivity contribution in [2.75, 3.05) is 0 Å². The summed E-state index contributed by atoms with van der Waals surface area (Å²) in [6.45, 7) is 4.33. The van der Waals surface area contributed by atoms with Gasteiger partial charge >= 0.3 is 0 Å². The molecule has 0 fully saturated rings. The van der Waals surface area contributed by atoms with Crippen molar-refractivity contribution in [2.45, 2.75) is 31.3 Å². The van der Waals surface area contributed by atoms with E-state index in [0.29, 0.717) is 23.2 Å². The van der Waals surface area contributed by atoms with Gasteiger partial charge in [-0.2, -0.15) is 4.68 Å². The summed E-state index contributed by atoms with van der Waals surface area (Å²) < 4.78 is 14.1. The van der Waals surface area contributed by atoms with E-state index in [-0.39, 0.29) is 0 Å². The third-order valence-corrected chi connectivity index (χ3v) is 5.03. The van der Waals surface area contributed by atoms with Crippen LogP contribution in [0, 0.1) is 0 Å². The minimum absolute atomic E-state index is 0.327. The number of nitrogens with zero attached hydrogens (tertiary/aromatic N) is 4. The van der Waals surface area contributed by atoms with Crippen molar-refractivity contribution in [3.63, 3.8) is 0 Å². The maximum Gasteiger partial charge on any atom is 0.169 e. The lowest BCUT2D eigenvalue weighted by atomic mass is 10.0. The Morgan fingerprint density at radius 3 is 2.38 bits per heavy atom. The summed E-state index contributed by atoms with van der Waals surface area (Å²) >= 11 is 0. The van der Waals surface area contributed by atoms with Crippen LogP contribution in [-0.2, 0) is 22.3 Å². The van der Waals surface area contributed by atoms with Crippen molar-refractivity contribution in [2.24, 2.45) is 0 Å². The lowest BCUT2D eigenvalue weighted by Crippen LogP contribution is -2.07. The molecule has 124 valence electrons. The Morgan fingerprint density at radius 1 is 1.00 bits per heavy atom. The van der Waals surface area contributed by atoms with Crippen LogP contribution in [-0.4, -0.2) is 24.4 Å². The van der Waals surface area contributed by atoms with Gasteiger partial charge in [-0.3, -0.25) is 4.21 Å². The molecule has 0 bridgehead atoms. The largest absolute Gasteiger partial charge is 0.259 e. The van der Waals surface area contributed by atoms with E-state index in [2.05, 4.69) is 41.5 Å². The molecule has 1 heterocycles. The molecule has 3 rings (SSSR count). The van der Waals surface area contributed by atoms with E-state index >= 15 is 0 Å². The van der Waals surface area contributed by atoms with E-state index < -0.39 is 10.8 Å². The Hall–Kier alpha value is -2.34. The topological polar surface area (TPSA) is 60.7 Å². The second-order valence-corrected chi connectivity index (χ2v) is 7.42. The summed E-state index contributed by atoms with van der Waals surface area (Å²) in [4.78, 5) is 0. The van der Waals surface area contributed by atoms with Crippen molar-refractivity contribution >= 4 is 10.8 Å². The molecule has 0 aliphatic rings. The number of tetrazole rings is 1. The minimum atomic E-state index is -1.07. The molecule has 1 atom stereocenters. The molecule has 0 spiro atoms. The Balaban J connectivity index is 1.69. The molecule has 0 aliphatic heterocycles. The quantitative estimate of drug-likeness (QED) is 0.691. The van der Waals surface area contributed by atoms with E-state index in [4.69, 9.17) is 0 Å². The molecule has 0 amide bonds. The zero-order valence-electron chi connectivity index (χ0n) is 13.8. The van der Waals surface area contributed by atoms with Gasteiger partial charge in [-0.05, 0) is 39.6 Å². The molecule has 6 heteroatoms. The highest BCUT2D eigenvalue weighted by Gasteiger charge is 2.12. The lowest BCUT2D eigenvalue weighted by Gasteiger charge is -2.07. The average Bonchev–Trinajstić information content (AvgIpc) is 3.04. The third-order valence-electron chi connectivity index (χ3n) is 3.80. The van der Waals surface area contributed by atoms with Crippen molar-refractivity contribution in [1.82, 2.24) is 20.2 Å². The molecule has 1 aromatic heterocycles. The molecule has 0 radical (unpaired) electrons. The van der Waals surface area contributed by atoms with Crippen LogP contribution in [0.2, 0.25) is 0 Å². The highest BCUT2D eigenvalue weighted by molar-refractivity contribution is 7.83. The van der Waals surface area contributed by atoms with Crippen LogP contribution in [0.15, 0.2) is 54.6 Å². The van der Waals surface area contributed by atoms with E-state index in [1.54, 1.807) is 4.68 Å². The van der Waals surface area contributed by atoms with E-state index in [0.717, 1.165) is 11.3 Å². The molecule has 0 saturated carbocycles. The van der Waals surface area contributed by atoms with E-state index in [1.807, 2.05) is 42.5 Å². The summed E-state index contributed by atoms with van der Waals surface area (Å²) in [5, 5.41) is 11.7.